The Bertz CT molecular complexity index is 948. The Morgan fingerprint density at radius 2 is 1.93 bits per heavy atom. The van der Waals surface area contributed by atoms with E-state index in [0.29, 0.717) is 11.5 Å². The SMILES string of the molecule is Cc1ncccc1C(=O)N1CCC(Cn2c(C)cnc2-c2ccccc2)C1. The summed E-state index contributed by atoms with van der Waals surface area (Å²) in [5.41, 5.74) is 3.79. The lowest BCUT2D eigenvalue weighted by Crippen LogP contribution is -2.30. The molecule has 138 valence electrons. The van der Waals surface area contributed by atoms with Crippen LogP contribution in [0, 0.1) is 19.8 Å². The maximum atomic E-state index is 12.8. The molecule has 3 aromatic rings. The van der Waals surface area contributed by atoms with Crippen LogP contribution in [0.4, 0.5) is 0 Å². The average molecular weight is 360 g/mol. The Morgan fingerprint density at radius 1 is 1.11 bits per heavy atom. The van der Waals surface area contributed by atoms with Gasteiger partial charge in [-0.15, -0.1) is 0 Å². The van der Waals surface area contributed by atoms with Gasteiger partial charge in [-0.2, -0.15) is 0 Å². The van der Waals surface area contributed by atoms with Crippen molar-refractivity contribution in [3.05, 3.63) is 71.8 Å². The number of nitrogens with zero attached hydrogens (tertiary/aromatic N) is 4. The van der Waals surface area contributed by atoms with E-state index in [1.54, 1.807) is 6.20 Å². The molecule has 3 heterocycles. The van der Waals surface area contributed by atoms with Crippen molar-refractivity contribution in [2.24, 2.45) is 5.92 Å². The third kappa shape index (κ3) is 3.50. The van der Waals surface area contributed by atoms with Gasteiger partial charge in [-0.05, 0) is 38.3 Å². The summed E-state index contributed by atoms with van der Waals surface area (Å²) < 4.78 is 2.28. The molecule has 5 nitrogen and oxygen atoms in total. The number of likely N-dealkylation sites (tertiary alicyclic amines) is 1. The third-order valence-corrected chi connectivity index (χ3v) is 5.34. The van der Waals surface area contributed by atoms with E-state index in [4.69, 9.17) is 0 Å². The predicted octanol–water partition coefficient (Wildman–Crippen LogP) is 3.72. The molecule has 27 heavy (non-hydrogen) atoms. The number of aryl methyl sites for hydroxylation is 2. The van der Waals surface area contributed by atoms with Gasteiger partial charge in [0, 0.05) is 49.0 Å². The Kier molecular flexibility index (Phi) is 4.75. The third-order valence-electron chi connectivity index (χ3n) is 5.34. The number of hydrogen-bond acceptors (Lipinski definition) is 3. The first-order chi connectivity index (χ1) is 13.1. The van der Waals surface area contributed by atoms with Gasteiger partial charge in [-0.25, -0.2) is 4.98 Å². The summed E-state index contributed by atoms with van der Waals surface area (Å²) in [7, 11) is 0. The number of imidazole rings is 1. The Hall–Kier alpha value is -2.95. The minimum atomic E-state index is 0.0914. The molecule has 1 aliphatic rings. The number of rotatable bonds is 4. The van der Waals surface area contributed by atoms with Gasteiger partial charge in [0.15, 0.2) is 0 Å². The van der Waals surface area contributed by atoms with E-state index in [2.05, 4.69) is 33.6 Å². The van der Waals surface area contributed by atoms with Crippen molar-refractivity contribution < 1.29 is 4.79 Å². The maximum absolute atomic E-state index is 12.8. The van der Waals surface area contributed by atoms with Crippen molar-refractivity contribution in [1.82, 2.24) is 19.4 Å². The number of benzene rings is 1. The molecule has 5 heteroatoms. The van der Waals surface area contributed by atoms with Crippen LogP contribution in [-0.4, -0.2) is 38.4 Å². The van der Waals surface area contributed by atoms with Gasteiger partial charge < -0.3 is 9.47 Å². The zero-order valence-corrected chi connectivity index (χ0v) is 15.8. The number of carbonyl (C=O) groups excluding carboxylic acids is 1. The summed E-state index contributed by atoms with van der Waals surface area (Å²) in [4.78, 5) is 23.7. The van der Waals surface area contributed by atoms with E-state index in [1.807, 2.05) is 48.4 Å². The van der Waals surface area contributed by atoms with Crippen LogP contribution in [0.25, 0.3) is 11.4 Å². The van der Waals surface area contributed by atoms with Crippen molar-refractivity contribution in [2.75, 3.05) is 13.1 Å². The van der Waals surface area contributed by atoms with E-state index < -0.39 is 0 Å². The molecule has 1 fully saturated rings. The van der Waals surface area contributed by atoms with Crippen LogP contribution < -0.4 is 0 Å². The van der Waals surface area contributed by atoms with Crippen molar-refractivity contribution >= 4 is 5.91 Å². The van der Waals surface area contributed by atoms with Crippen LogP contribution >= 0.6 is 0 Å². The molecule has 1 saturated heterocycles. The van der Waals surface area contributed by atoms with Gasteiger partial charge in [0.2, 0.25) is 0 Å². The molecular formula is C22H24N4O. The highest BCUT2D eigenvalue weighted by Crippen LogP contribution is 2.25. The van der Waals surface area contributed by atoms with Crippen molar-refractivity contribution in [1.29, 1.82) is 0 Å². The monoisotopic (exact) mass is 360 g/mol. The summed E-state index contributed by atoms with van der Waals surface area (Å²) in [6.07, 6.45) is 4.67. The second kappa shape index (κ2) is 7.35. The fraction of sp³-hybridized carbons (Fsp3) is 0.318. The minimum absolute atomic E-state index is 0.0914. The van der Waals surface area contributed by atoms with Crippen LogP contribution in [0.1, 0.15) is 28.2 Å². The first-order valence-electron chi connectivity index (χ1n) is 9.42. The molecule has 0 bridgehead atoms. The normalized spacial score (nSPS) is 16.7. The molecule has 1 aliphatic heterocycles. The standard InChI is InChI=1S/C22H24N4O/c1-16-13-24-21(19-7-4-3-5-8-19)26(16)15-18-10-12-25(14-18)22(27)20-9-6-11-23-17(20)2/h3-9,11,13,18H,10,12,14-15H2,1-2H3. The quantitative estimate of drug-likeness (QED) is 0.712. The number of pyridine rings is 1. The van der Waals surface area contributed by atoms with E-state index >= 15 is 0 Å². The molecule has 2 aromatic heterocycles. The highest BCUT2D eigenvalue weighted by molar-refractivity contribution is 5.95. The highest BCUT2D eigenvalue weighted by Gasteiger charge is 2.28. The molecule has 1 aromatic carbocycles. The summed E-state index contributed by atoms with van der Waals surface area (Å²) in [6.45, 7) is 6.44. The molecule has 0 radical (unpaired) electrons. The van der Waals surface area contributed by atoms with Crippen LogP contribution in [0.15, 0.2) is 54.9 Å². The Labute approximate surface area is 159 Å². The number of hydrogen-bond donors (Lipinski definition) is 0. The summed E-state index contributed by atoms with van der Waals surface area (Å²) >= 11 is 0. The van der Waals surface area contributed by atoms with Crippen LogP contribution in [-0.2, 0) is 6.54 Å². The molecule has 1 amide bonds. The fourth-order valence-corrected chi connectivity index (χ4v) is 3.81. The highest BCUT2D eigenvalue weighted by atomic mass is 16.2. The van der Waals surface area contributed by atoms with Gasteiger partial charge in [-0.1, -0.05) is 30.3 Å². The molecule has 1 unspecified atom stereocenters. The van der Waals surface area contributed by atoms with Crippen molar-refractivity contribution in [3.63, 3.8) is 0 Å². The minimum Gasteiger partial charge on any atom is -0.338 e. The average Bonchev–Trinajstić information content (AvgIpc) is 3.30. The second-order valence-corrected chi connectivity index (χ2v) is 7.24. The first-order valence-corrected chi connectivity index (χ1v) is 9.42. The number of aromatic nitrogens is 3. The lowest BCUT2D eigenvalue weighted by Gasteiger charge is -2.19. The predicted molar refractivity (Wildman–Crippen MR) is 105 cm³/mol. The van der Waals surface area contributed by atoms with Crippen molar-refractivity contribution in [2.45, 2.75) is 26.8 Å². The summed E-state index contributed by atoms with van der Waals surface area (Å²) in [6, 6.07) is 14.0. The first kappa shape index (κ1) is 17.5. The van der Waals surface area contributed by atoms with E-state index in [9.17, 15) is 4.79 Å². The zero-order chi connectivity index (χ0) is 18.8. The van der Waals surface area contributed by atoms with Gasteiger partial charge >= 0.3 is 0 Å². The smallest absolute Gasteiger partial charge is 0.255 e. The number of amides is 1. The Morgan fingerprint density at radius 3 is 2.70 bits per heavy atom. The van der Waals surface area contributed by atoms with Crippen LogP contribution in [0.5, 0.6) is 0 Å². The van der Waals surface area contributed by atoms with Crippen LogP contribution in [0.2, 0.25) is 0 Å². The van der Waals surface area contributed by atoms with E-state index in [0.717, 1.165) is 48.8 Å². The molecule has 4 rings (SSSR count). The molecule has 0 saturated carbocycles. The van der Waals surface area contributed by atoms with Crippen LogP contribution in [0.3, 0.4) is 0 Å². The van der Waals surface area contributed by atoms with Gasteiger partial charge in [-0.3, -0.25) is 9.78 Å². The number of carbonyl (C=O) groups is 1. The molecule has 0 spiro atoms. The second-order valence-electron chi connectivity index (χ2n) is 7.24. The zero-order valence-electron chi connectivity index (χ0n) is 15.8. The van der Waals surface area contributed by atoms with Crippen molar-refractivity contribution in [3.8, 4) is 11.4 Å². The summed E-state index contributed by atoms with van der Waals surface area (Å²) in [5.74, 6) is 1.52. The lowest BCUT2D eigenvalue weighted by atomic mass is 10.1. The molecule has 0 aliphatic carbocycles. The maximum Gasteiger partial charge on any atom is 0.255 e. The van der Waals surface area contributed by atoms with Gasteiger partial charge in [0.25, 0.3) is 5.91 Å². The van der Waals surface area contributed by atoms with E-state index in [-0.39, 0.29) is 5.91 Å². The topological polar surface area (TPSA) is 51.0 Å². The molecule has 1 atom stereocenters. The molecular weight excluding hydrogens is 336 g/mol. The van der Waals surface area contributed by atoms with E-state index in [1.165, 1.54) is 0 Å². The summed E-state index contributed by atoms with van der Waals surface area (Å²) in [5, 5.41) is 0. The lowest BCUT2D eigenvalue weighted by molar-refractivity contribution is 0.0785. The molecule has 0 N–H and O–H groups in total. The largest absolute Gasteiger partial charge is 0.338 e. The fourth-order valence-electron chi connectivity index (χ4n) is 3.81. The van der Waals surface area contributed by atoms with Gasteiger partial charge in [0.05, 0.1) is 5.56 Å². The Balaban J connectivity index is 1.49. The van der Waals surface area contributed by atoms with Gasteiger partial charge in [0.1, 0.15) is 5.82 Å².